The van der Waals surface area contributed by atoms with Crippen molar-refractivity contribution in [1.29, 1.82) is 0 Å². The van der Waals surface area contributed by atoms with Gasteiger partial charge in [-0.15, -0.1) is 6.42 Å². The normalized spacial score (nSPS) is 16.7. The van der Waals surface area contributed by atoms with Crippen LogP contribution in [-0.2, 0) is 10.2 Å². The van der Waals surface area contributed by atoms with E-state index in [1.807, 2.05) is 24.3 Å². The first kappa shape index (κ1) is 12.2. The lowest BCUT2D eigenvalue weighted by Gasteiger charge is -2.40. The van der Waals surface area contributed by atoms with Crippen molar-refractivity contribution in [2.75, 3.05) is 6.54 Å². The zero-order chi connectivity index (χ0) is 12.3. The number of rotatable bonds is 3. The number of hydrogen-bond donors (Lipinski definition) is 1. The van der Waals surface area contributed by atoms with E-state index in [0.29, 0.717) is 6.54 Å². The molecule has 0 bridgehead atoms. The average Bonchev–Trinajstić information content (AvgIpc) is 2.27. The highest BCUT2D eigenvalue weighted by Gasteiger charge is 2.45. The van der Waals surface area contributed by atoms with Gasteiger partial charge in [-0.1, -0.05) is 40.4 Å². The molecule has 1 aliphatic carbocycles. The van der Waals surface area contributed by atoms with Gasteiger partial charge in [-0.2, -0.15) is 0 Å². The SMILES string of the molecule is C#CCNC(=O)C1(c2ccc(Br)cc2)CCC1. The van der Waals surface area contributed by atoms with E-state index in [4.69, 9.17) is 6.42 Å². The molecule has 0 atom stereocenters. The number of amides is 1. The Balaban J connectivity index is 2.22. The highest BCUT2D eigenvalue weighted by atomic mass is 79.9. The predicted octanol–water partition coefficient (Wildman–Crippen LogP) is 2.62. The van der Waals surface area contributed by atoms with Crippen molar-refractivity contribution in [3.63, 3.8) is 0 Å². The molecule has 0 aromatic heterocycles. The van der Waals surface area contributed by atoms with E-state index in [1.54, 1.807) is 0 Å². The van der Waals surface area contributed by atoms with E-state index >= 15 is 0 Å². The molecular weight excluding hydrogens is 278 g/mol. The predicted molar refractivity (Wildman–Crippen MR) is 71.5 cm³/mol. The lowest BCUT2D eigenvalue weighted by Crippen LogP contribution is -2.49. The maximum Gasteiger partial charge on any atom is 0.231 e. The molecule has 17 heavy (non-hydrogen) atoms. The summed E-state index contributed by atoms with van der Waals surface area (Å²) in [4.78, 5) is 12.2. The smallest absolute Gasteiger partial charge is 0.231 e. The first-order valence-electron chi connectivity index (χ1n) is 5.67. The highest BCUT2D eigenvalue weighted by Crippen LogP contribution is 2.44. The van der Waals surface area contributed by atoms with Crippen LogP contribution in [-0.4, -0.2) is 12.5 Å². The monoisotopic (exact) mass is 291 g/mol. The molecule has 0 saturated heterocycles. The van der Waals surface area contributed by atoms with Gasteiger partial charge in [0.05, 0.1) is 12.0 Å². The van der Waals surface area contributed by atoms with Crippen LogP contribution < -0.4 is 5.32 Å². The van der Waals surface area contributed by atoms with Crippen LogP contribution >= 0.6 is 15.9 Å². The Kier molecular flexibility index (Phi) is 3.54. The third kappa shape index (κ3) is 2.23. The lowest BCUT2D eigenvalue weighted by molar-refractivity contribution is -0.129. The Morgan fingerprint density at radius 1 is 1.41 bits per heavy atom. The van der Waals surface area contributed by atoms with Crippen molar-refractivity contribution >= 4 is 21.8 Å². The van der Waals surface area contributed by atoms with E-state index in [2.05, 4.69) is 27.2 Å². The van der Waals surface area contributed by atoms with Crippen LogP contribution in [0.15, 0.2) is 28.7 Å². The molecule has 0 aliphatic heterocycles. The summed E-state index contributed by atoms with van der Waals surface area (Å²) in [6.45, 7) is 0.303. The van der Waals surface area contributed by atoms with Crippen molar-refractivity contribution in [3.05, 3.63) is 34.3 Å². The van der Waals surface area contributed by atoms with E-state index in [-0.39, 0.29) is 11.3 Å². The summed E-state index contributed by atoms with van der Waals surface area (Å²) >= 11 is 3.40. The van der Waals surface area contributed by atoms with Gasteiger partial charge in [-0.05, 0) is 30.5 Å². The second-order valence-corrected chi connectivity index (χ2v) is 5.25. The van der Waals surface area contributed by atoms with Crippen LogP contribution in [0.1, 0.15) is 24.8 Å². The van der Waals surface area contributed by atoms with Crippen LogP contribution in [0.25, 0.3) is 0 Å². The second kappa shape index (κ2) is 4.93. The molecule has 2 rings (SSSR count). The fraction of sp³-hybridized carbons (Fsp3) is 0.357. The maximum absolute atomic E-state index is 12.2. The van der Waals surface area contributed by atoms with Crippen LogP contribution in [0.5, 0.6) is 0 Å². The molecule has 0 radical (unpaired) electrons. The van der Waals surface area contributed by atoms with E-state index in [9.17, 15) is 4.79 Å². The molecule has 3 heteroatoms. The van der Waals surface area contributed by atoms with Crippen LogP contribution in [0.3, 0.4) is 0 Å². The van der Waals surface area contributed by atoms with Gasteiger partial charge in [0.15, 0.2) is 0 Å². The Morgan fingerprint density at radius 2 is 2.06 bits per heavy atom. The Hall–Kier alpha value is -1.27. The number of halogens is 1. The summed E-state index contributed by atoms with van der Waals surface area (Å²) in [6, 6.07) is 7.98. The third-order valence-corrected chi connectivity index (χ3v) is 3.92. The molecular formula is C14H14BrNO. The number of benzene rings is 1. The first-order valence-corrected chi connectivity index (χ1v) is 6.46. The van der Waals surface area contributed by atoms with Crippen molar-refractivity contribution in [3.8, 4) is 12.3 Å². The number of hydrogen-bond acceptors (Lipinski definition) is 1. The van der Waals surface area contributed by atoms with Gasteiger partial charge in [-0.3, -0.25) is 4.79 Å². The van der Waals surface area contributed by atoms with Gasteiger partial charge in [0.2, 0.25) is 5.91 Å². The quantitative estimate of drug-likeness (QED) is 0.853. The van der Waals surface area contributed by atoms with Crippen LogP contribution in [0, 0.1) is 12.3 Å². The van der Waals surface area contributed by atoms with Gasteiger partial charge in [0.1, 0.15) is 0 Å². The zero-order valence-corrected chi connectivity index (χ0v) is 11.1. The number of carbonyl (C=O) groups excluding carboxylic acids is 1. The van der Waals surface area contributed by atoms with Gasteiger partial charge < -0.3 is 5.32 Å². The molecule has 88 valence electrons. The lowest BCUT2D eigenvalue weighted by atomic mass is 9.64. The number of terminal acetylenes is 1. The zero-order valence-electron chi connectivity index (χ0n) is 9.50. The van der Waals surface area contributed by atoms with Crippen LogP contribution in [0.4, 0.5) is 0 Å². The van der Waals surface area contributed by atoms with Gasteiger partial charge in [-0.25, -0.2) is 0 Å². The van der Waals surface area contributed by atoms with Crippen molar-refractivity contribution in [2.24, 2.45) is 0 Å². The molecule has 1 amide bonds. The molecule has 0 spiro atoms. The van der Waals surface area contributed by atoms with Gasteiger partial charge >= 0.3 is 0 Å². The Labute approximate surface area is 110 Å². The van der Waals surface area contributed by atoms with E-state index < -0.39 is 0 Å². The fourth-order valence-corrected chi connectivity index (χ4v) is 2.51. The second-order valence-electron chi connectivity index (χ2n) is 4.33. The summed E-state index contributed by atoms with van der Waals surface area (Å²) in [5.74, 6) is 2.50. The molecule has 1 fully saturated rings. The van der Waals surface area contributed by atoms with Crippen molar-refractivity contribution in [1.82, 2.24) is 5.32 Å². The summed E-state index contributed by atoms with van der Waals surface area (Å²) in [7, 11) is 0. The average molecular weight is 292 g/mol. The maximum atomic E-state index is 12.2. The minimum absolute atomic E-state index is 0.0593. The minimum atomic E-state index is -0.350. The number of nitrogens with one attached hydrogen (secondary N) is 1. The standard InChI is InChI=1S/C14H14BrNO/c1-2-10-16-13(17)14(8-3-9-14)11-4-6-12(15)7-5-11/h1,4-7H,3,8-10H2,(H,16,17). The largest absolute Gasteiger partial charge is 0.344 e. The minimum Gasteiger partial charge on any atom is -0.344 e. The van der Waals surface area contributed by atoms with Crippen molar-refractivity contribution in [2.45, 2.75) is 24.7 Å². The number of carbonyl (C=O) groups is 1. The molecule has 1 N–H and O–H groups in total. The molecule has 0 unspecified atom stereocenters. The Bertz CT molecular complexity index is 454. The molecule has 1 aromatic rings. The van der Waals surface area contributed by atoms with Gasteiger partial charge in [0, 0.05) is 4.47 Å². The van der Waals surface area contributed by atoms with Crippen LogP contribution in [0.2, 0.25) is 0 Å². The summed E-state index contributed by atoms with van der Waals surface area (Å²) in [5, 5.41) is 2.80. The van der Waals surface area contributed by atoms with Crippen molar-refractivity contribution < 1.29 is 4.79 Å². The molecule has 1 aromatic carbocycles. The summed E-state index contributed by atoms with van der Waals surface area (Å²) < 4.78 is 1.03. The molecule has 2 nitrogen and oxygen atoms in total. The fourth-order valence-electron chi connectivity index (χ4n) is 2.25. The topological polar surface area (TPSA) is 29.1 Å². The molecule has 1 saturated carbocycles. The first-order chi connectivity index (χ1) is 8.19. The van der Waals surface area contributed by atoms with E-state index in [0.717, 1.165) is 29.3 Å². The summed E-state index contributed by atoms with van der Waals surface area (Å²) in [5.41, 5.74) is 0.735. The summed E-state index contributed by atoms with van der Waals surface area (Å²) in [6.07, 6.45) is 8.08. The molecule has 1 aliphatic rings. The van der Waals surface area contributed by atoms with Gasteiger partial charge in [0.25, 0.3) is 0 Å². The Morgan fingerprint density at radius 3 is 2.53 bits per heavy atom. The van der Waals surface area contributed by atoms with E-state index in [1.165, 1.54) is 0 Å². The third-order valence-electron chi connectivity index (χ3n) is 3.39. The highest BCUT2D eigenvalue weighted by molar-refractivity contribution is 9.10. The molecule has 0 heterocycles.